The van der Waals surface area contributed by atoms with Crippen LogP contribution in [0.2, 0.25) is 0 Å². The van der Waals surface area contributed by atoms with Crippen LogP contribution in [0.3, 0.4) is 0 Å². The van der Waals surface area contributed by atoms with E-state index in [1.807, 2.05) is 25.4 Å². The third-order valence-corrected chi connectivity index (χ3v) is 2.56. The van der Waals surface area contributed by atoms with Crippen LogP contribution in [0.4, 0.5) is 5.82 Å². The van der Waals surface area contributed by atoms with Gasteiger partial charge in [-0.25, -0.2) is 4.98 Å². The second-order valence-electron chi connectivity index (χ2n) is 4.20. The lowest BCUT2D eigenvalue weighted by atomic mass is 10.1. The Morgan fingerprint density at radius 3 is 2.60 bits per heavy atom. The number of ether oxygens (including phenoxy) is 1. The average molecular weight is 208 g/mol. The molecule has 0 fully saturated rings. The van der Waals surface area contributed by atoms with E-state index in [9.17, 15) is 0 Å². The quantitative estimate of drug-likeness (QED) is 0.808. The number of nitrogens with one attached hydrogen (secondary N) is 1. The predicted octanol–water partition coefficient (Wildman–Crippen LogP) is 2.83. The van der Waals surface area contributed by atoms with Crippen LogP contribution in [0, 0.1) is 0 Å². The van der Waals surface area contributed by atoms with Gasteiger partial charge >= 0.3 is 0 Å². The van der Waals surface area contributed by atoms with Crippen molar-refractivity contribution in [3.63, 3.8) is 0 Å². The van der Waals surface area contributed by atoms with Crippen LogP contribution in [-0.4, -0.2) is 17.6 Å². The Kier molecular flexibility index (Phi) is 4.09. The summed E-state index contributed by atoms with van der Waals surface area (Å²) in [4.78, 5) is 4.23. The SMILES string of the molecule is CCC(C)(C)OCc1ccc(NC)nc1. The fourth-order valence-electron chi connectivity index (χ4n) is 1.04. The van der Waals surface area contributed by atoms with Crippen LogP contribution >= 0.6 is 0 Å². The molecule has 1 aromatic heterocycles. The van der Waals surface area contributed by atoms with Crippen LogP contribution in [0.15, 0.2) is 18.3 Å². The van der Waals surface area contributed by atoms with E-state index in [1.165, 1.54) is 0 Å². The first-order chi connectivity index (χ1) is 7.07. The molecule has 0 aliphatic rings. The summed E-state index contributed by atoms with van der Waals surface area (Å²) in [6.07, 6.45) is 2.85. The molecule has 1 N–H and O–H groups in total. The molecule has 3 heteroatoms. The Hall–Kier alpha value is -1.09. The van der Waals surface area contributed by atoms with E-state index in [0.29, 0.717) is 6.61 Å². The van der Waals surface area contributed by atoms with Gasteiger partial charge in [0.15, 0.2) is 0 Å². The van der Waals surface area contributed by atoms with Gasteiger partial charge in [0.1, 0.15) is 5.82 Å². The molecular formula is C12H20N2O. The molecule has 0 saturated heterocycles. The van der Waals surface area contributed by atoms with Gasteiger partial charge in [0.05, 0.1) is 12.2 Å². The molecule has 1 rings (SSSR count). The van der Waals surface area contributed by atoms with E-state index in [2.05, 4.69) is 31.1 Å². The second kappa shape index (κ2) is 5.12. The first-order valence-corrected chi connectivity index (χ1v) is 5.34. The number of hydrogen-bond acceptors (Lipinski definition) is 3. The molecule has 0 bridgehead atoms. The first-order valence-electron chi connectivity index (χ1n) is 5.34. The minimum Gasteiger partial charge on any atom is -0.373 e. The van der Waals surface area contributed by atoms with E-state index in [-0.39, 0.29) is 5.60 Å². The number of anilines is 1. The number of rotatable bonds is 5. The fraction of sp³-hybridized carbons (Fsp3) is 0.583. The van der Waals surface area contributed by atoms with Gasteiger partial charge < -0.3 is 10.1 Å². The van der Waals surface area contributed by atoms with Crippen LogP contribution in [0.25, 0.3) is 0 Å². The van der Waals surface area contributed by atoms with Crippen molar-refractivity contribution in [1.82, 2.24) is 4.98 Å². The summed E-state index contributed by atoms with van der Waals surface area (Å²) >= 11 is 0. The van der Waals surface area contributed by atoms with E-state index in [1.54, 1.807) is 0 Å². The zero-order valence-electron chi connectivity index (χ0n) is 10.0. The van der Waals surface area contributed by atoms with Crippen molar-refractivity contribution in [2.24, 2.45) is 0 Å². The Labute approximate surface area is 91.9 Å². The highest BCUT2D eigenvalue weighted by atomic mass is 16.5. The van der Waals surface area contributed by atoms with Gasteiger partial charge in [-0.05, 0) is 31.9 Å². The molecule has 0 unspecified atom stereocenters. The van der Waals surface area contributed by atoms with Gasteiger partial charge in [0, 0.05) is 13.2 Å². The fourth-order valence-corrected chi connectivity index (χ4v) is 1.04. The highest BCUT2D eigenvalue weighted by molar-refractivity contribution is 5.34. The van der Waals surface area contributed by atoms with Crippen molar-refractivity contribution >= 4 is 5.82 Å². The van der Waals surface area contributed by atoms with Crippen molar-refractivity contribution in [3.05, 3.63) is 23.9 Å². The molecular weight excluding hydrogens is 188 g/mol. The topological polar surface area (TPSA) is 34.1 Å². The molecule has 0 aromatic carbocycles. The first kappa shape index (κ1) is 12.0. The van der Waals surface area contributed by atoms with E-state index in [0.717, 1.165) is 17.8 Å². The molecule has 15 heavy (non-hydrogen) atoms. The standard InChI is InChI=1S/C12H20N2O/c1-5-12(2,3)15-9-10-6-7-11(13-4)14-8-10/h6-8H,5,9H2,1-4H3,(H,13,14). The lowest BCUT2D eigenvalue weighted by Crippen LogP contribution is -2.22. The second-order valence-corrected chi connectivity index (χ2v) is 4.20. The normalized spacial score (nSPS) is 11.5. The van der Waals surface area contributed by atoms with Gasteiger partial charge in [0.2, 0.25) is 0 Å². The summed E-state index contributed by atoms with van der Waals surface area (Å²) < 4.78 is 5.78. The van der Waals surface area contributed by atoms with Crippen molar-refractivity contribution in [2.75, 3.05) is 12.4 Å². The molecule has 0 spiro atoms. The van der Waals surface area contributed by atoms with Gasteiger partial charge in [-0.3, -0.25) is 0 Å². The average Bonchev–Trinajstić information content (AvgIpc) is 2.27. The lowest BCUT2D eigenvalue weighted by molar-refractivity contribution is -0.0317. The predicted molar refractivity (Wildman–Crippen MR) is 62.9 cm³/mol. The highest BCUT2D eigenvalue weighted by Crippen LogP contribution is 2.16. The van der Waals surface area contributed by atoms with Crippen molar-refractivity contribution in [1.29, 1.82) is 0 Å². The summed E-state index contributed by atoms with van der Waals surface area (Å²) in [5.41, 5.74) is 1.05. The van der Waals surface area contributed by atoms with Crippen molar-refractivity contribution in [2.45, 2.75) is 39.4 Å². The summed E-state index contributed by atoms with van der Waals surface area (Å²) in [6, 6.07) is 3.99. The Morgan fingerprint density at radius 1 is 1.40 bits per heavy atom. The summed E-state index contributed by atoms with van der Waals surface area (Å²) in [5, 5.41) is 2.99. The number of hydrogen-bond donors (Lipinski definition) is 1. The molecule has 0 aliphatic heterocycles. The van der Waals surface area contributed by atoms with Crippen LogP contribution in [-0.2, 0) is 11.3 Å². The molecule has 0 radical (unpaired) electrons. The molecule has 1 heterocycles. The molecule has 1 aromatic rings. The van der Waals surface area contributed by atoms with E-state index < -0.39 is 0 Å². The minimum absolute atomic E-state index is 0.0539. The van der Waals surface area contributed by atoms with Crippen LogP contribution in [0.1, 0.15) is 32.8 Å². The molecule has 0 atom stereocenters. The zero-order chi connectivity index (χ0) is 11.3. The lowest BCUT2D eigenvalue weighted by Gasteiger charge is -2.23. The Morgan fingerprint density at radius 2 is 2.13 bits per heavy atom. The van der Waals surface area contributed by atoms with Gasteiger partial charge in [0.25, 0.3) is 0 Å². The van der Waals surface area contributed by atoms with E-state index >= 15 is 0 Å². The zero-order valence-corrected chi connectivity index (χ0v) is 10.0. The van der Waals surface area contributed by atoms with Crippen LogP contribution < -0.4 is 5.32 Å². The summed E-state index contributed by atoms with van der Waals surface area (Å²) in [7, 11) is 1.86. The largest absolute Gasteiger partial charge is 0.373 e. The van der Waals surface area contributed by atoms with Gasteiger partial charge in [-0.1, -0.05) is 13.0 Å². The van der Waals surface area contributed by atoms with Crippen LogP contribution in [0.5, 0.6) is 0 Å². The maximum absolute atomic E-state index is 5.78. The molecule has 84 valence electrons. The summed E-state index contributed by atoms with van der Waals surface area (Å²) in [5.74, 6) is 0.883. The molecule has 0 aliphatic carbocycles. The monoisotopic (exact) mass is 208 g/mol. The van der Waals surface area contributed by atoms with Gasteiger partial charge in [-0.15, -0.1) is 0 Å². The molecule has 0 amide bonds. The number of nitrogens with zero attached hydrogens (tertiary/aromatic N) is 1. The maximum atomic E-state index is 5.78. The minimum atomic E-state index is -0.0539. The maximum Gasteiger partial charge on any atom is 0.125 e. The van der Waals surface area contributed by atoms with Crippen molar-refractivity contribution < 1.29 is 4.74 Å². The number of pyridine rings is 1. The smallest absolute Gasteiger partial charge is 0.125 e. The third kappa shape index (κ3) is 3.88. The van der Waals surface area contributed by atoms with E-state index in [4.69, 9.17) is 4.74 Å². The van der Waals surface area contributed by atoms with Gasteiger partial charge in [-0.2, -0.15) is 0 Å². The highest BCUT2D eigenvalue weighted by Gasteiger charge is 2.14. The van der Waals surface area contributed by atoms with Crippen molar-refractivity contribution in [3.8, 4) is 0 Å². The molecule has 0 saturated carbocycles. The Balaban J connectivity index is 2.51. The third-order valence-electron chi connectivity index (χ3n) is 2.56. The molecule has 3 nitrogen and oxygen atoms in total. The Bertz CT molecular complexity index is 293. The summed E-state index contributed by atoms with van der Waals surface area (Å²) in [6.45, 7) is 6.95. The number of aromatic nitrogens is 1.